The molecule has 0 saturated carbocycles. The average Bonchev–Trinajstić information content (AvgIpc) is 2.46. The van der Waals surface area contributed by atoms with E-state index >= 15 is 0 Å². The highest BCUT2D eigenvalue weighted by molar-refractivity contribution is 5.95. The van der Waals surface area contributed by atoms with Crippen LogP contribution in [0.15, 0.2) is 12.1 Å². The number of aromatic nitrogens is 1. The van der Waals surface area contributed by atoms with Crippen LogP contribution in [-0.2, 0) is 11.2 Å². The third kappa shape index (κ3) is 3.73. The molecule has 1 amide bonds. The number of likely N-dealkylation sites (tertiary alicyclic amines) is 1. The Bertz CT molecular complexity index is 518. The van der Waals surface area contributed by atoms with E-state index in [-0.39, 0.29) is 11.5 Å². The molecule has 0 radical (unpaired) electrons. The maximum atomic E-state index is 12.7. The summed E-state index contributed by atoms with van der Waals surface area (Å²) in [6.07, 6.45) is 3.75. The molecule has 1 atom stereocenters. The lowest BCUT2D eigenvalue weighted by Gasteiger charge is -2.39. The second-order valence-electron chi connectivity index (χ2n) is 6.01. The van der Waals surface area contributed by atoms with Crippen LogP contribution < -0.4 is 5.73 Å². The first-order valence-electron chi connectivity index (χ1n) is 7.58. The van der Waals surface area contributed by atoms with Gasteiger partial charge in [0.1, 0.15) is 5.82 Å². The molecule has 1 aromatic heterocycles. The van der Waals surface area contributed by atoms with Crippen molar-refractivity contribution in [3.05, 3.63) is 23.4 Å². The van der Waals surface area contributed by atoms with Crippen LogP contribution in [0, 0.1) is 0 Å². The molecule has 5 heteroatoms. The van der Waals surface area contributed by atoms with Gasteiger partial charge in [-0.1, -0.05) is 13.3 Å². The van der Waals surface area contributed by atoms with Gasteiger partial charge in [0.15, 0.2) is 0 Å². The van der Waals surface area contributed by atoms with Gasteiger partial charge in [-0.25, -0.2) is 4.98 Å². The second-order valence-corrected chi connectivity index (χ2v) is 6.01. The zero-order valence-electron chi connectivity index (χ0n) is 13.2. The Labute approximate surface area is 126 Å². The van der Waals surface area contributed by atoms with Crippen molar-refractivity contribution in [2.24, 2.45) is 0 Å². The first kappa shape index (κ1) is 15.8. The number of piperidine rings is 1. The van der Waals surface area contributed by atoms with E-state index in [2.05, 4.69) is 18.8 Å². The lowest BCUT2D eigenvalue weighted by atomic mass is 9.94. The first-order valence-corrected chi connectivity index (χ1v) is 7.58. The van der Waals surface area contributed by atoms with Gasteiger partial charge in [0.2, 0.25) is 0 Å². The van der Waals surface area contributed by atoms with E-state index in [9.17, 15) is 4.79 Å². The third-order valence-electron chi connectivity index (χ3n) is 4.09. The van der Waals surface area contributed by atoms with Crippen molar-refractivity contribution in [2.75, 3.05) is 25.9 Å². The highest BCUT2D eigenvalue weighted by Crippen LogP contribution is 2.25. The number of anilines is 1. The lowest BCUT2D eigenvalue weighted by Crippen LogP contribution is -2.49. The number of pyridine rings is 1. The average molecular weight is 291 g/mol. The van der Waals surface area contributed by atoms with Crippen molar-refractivity contribution in [3.63, 3.8) is 0 Å². The van der Waals surface area contributed by atoms with Gasteiger partial charge < -0.3 is 15.4 Å². The zero-order valence-corrected chi connectivity index (χ0v) is 13.2. The number of hydrogen-bond acceptors (Lipinski definition) is 4. The summed E-state index contributed by atoms with van der Waals surface area (Å²) in [5.74, 6) is 0.431. The van der Waals surface area contributed by atoms with Crippen LogP contribution in [0.2, 0.25) is 0 Å². The minimum atomic E-state index is -0.251. The number of carbonyl (C=O) groups is 1. The fourth-order valence-electron chi connectivity index (χ4n) is 2.85. The standard InChI is InChI=1S/C16H25N3O2/c1-4-6-13-9-12(10-14(17)18-13)15(20)19-8-5-7-16(2,11-19)21-3/h9-10H,4-8,11H2,1-3H3,(H2,17,18). The Morgan fingerprint density at radius 1 is 1.52 bits per heavy atom. The van der Waals surface area contributed by atoms with Crippen molar-refractivity contribution >= 4 is 11.7 Å². The van der Waals surface area contributed by atoms with Gasteiger partial charge in [0, 0.05) is 31.5 Å². The molecule has 1 fully saturated rings. The van der Waals surface area contributed by atoms with Gasteiger partial charge in [0.25, 0.3) is 5.91 Å². The number of methoxy groups -OCH3 is 1. The molecule has 5 nitrogen and oxygen atoms in total. The van der Waals surface area contributed by atoms with Crippen molar-refractivity contribution in [2.45, 2.75) is 45.1 Å². The normalized spacial score (nSPS) is 22.3. The molecule has 0 bridgehead atoms. The molecule has 1 aromatic rings. The van der Waals surface area contributed by atoms with E-state index in [0.29, 0.717) is 17.9 Å². The second kappa shape index (κ2) is 6.43. The van der Waals surface area contributed by atoms with Gasteiger partial charge in [-0.2, -0.15) is 0 Å². The summed E-state index contributed by atoms with van der Waals surface area (Å²) in [7, 11) is 1.71. The molecule has 1 saturated heterocycles. The van der Waals surface area contributed by atoms with Gasteiger partial charge >= 0.3 is 0 Å². The third-order valence-corrected chi connectivity index (χ3v) is 4.09. The van der Waals surface area contributed by atoms with Gasteiger partial charge in [-0.3, -0.25) is 4.79 Å². The van der Waals surface area contributed by atoms with E-state index in [1.54, 1.807) is 13.2 Å². The smallest absolute Gasteiger partial charge is 0.254 e. The Morgan fingerprint density at radius 3 is 2.95 bits per heavy atom. The molecule has 0 aliphatic carbocycles. The molecule has 0 spiro atoms. The van der Waals surface area contributed by atoms with Crippen LogP contribution in [0.5, 0.6) is 0 Å². The fraction of sp³-hybridized carbons (Fsp3) is 0.625. The number of aryl methyl sites for hydroxylation is 1. The van der Waals surface area contributed by atoms with Crippen LogP contribution in [0.1, 0.15) is 49.2 Å². The van der Waals surface area contributed by atoms with Crippen LogP contribution in [0.25, 0.3) is 0 Å². The highest BCUT2D eigenvalue weighted by Gasteiger charge is 2.33. The molecular weight excluding hydrogens is 266 g/mol. The maximum absolute atomic E-state index is 12.7. The quantitative estimate of drug-likeness (QED) is 0.924. The highest BCUT2D eigenvalue weighted by atomic mass is 16.5. The summed E-state index contributed by atoms with van der Waals surface area (Å²) in [4.78, 5) is 18.8. The fourth-order valence-corrected chi connectivity index (χ4v) is 2.85. The largest absolute Gasteiger partial charge is 0.384 e. The number of hydrogen-bond donors (Lipinski definition) is 1. The summed E-state index contributed by atoms with van der Waals surface area (Å²) < 4.78 is 5.55. The minimum absolute atomic E-state index is 0.0180. The summed E-state index contributed by atoms with van der Waals surface area (Å²) in [6, 6.07) is 3.53. The monoisotopic (exact) mass is 291 g/mol. The first-order chi connectivity index (χ1) is 9.97. The summed E-state index contributed by atoms with van der Waals surface area (Å²) in [5.41, 5.74) is 7.09. The van der Waals surface area contributed by atoms with Crippen LogP contribution in [0.3, 0.4) is 0 Å². The predicted octanol–water partition coefficient (Wildman–Crippen LogP) is 2.26. The Hall–Kier alpha value is -1.62. The van der Waals surface area contributed by atoms with Crippen molar-refractivity contribution in [3.8, 4) is 0 Å². The molecule has 116 valence electrons. The molecule has 1 unspecified atom stereocenters. The topological polar surface area (TPSA) is 68.5 Å². The molecule has 2 N–H and O–H groups in total. The number of carbonyl (C=O) groups excluding carboxylic acids is 1. The Balaban J connectivity index is 2.19. The van der Waals surface area contributed by atoms with Crippen LogP contribution in [-0.4, -0.2) is 41.6 Å². The number of nitrogens with two attached hydrogens (primary N) is 1. The number of amides is 1. The maximum Gasteiger partial charge on any atom is 0.254 e. The number of nitrogen functional groups attached to an aromatic ring is 1. The summed E-state index contributed by atoms with van der Waals surface area (Å²) in [5, 5.41) is 0. The molecular formula is C16H25N3O2. The zero-order chi connectivity index (χ0) is 15.5. The minimum Gasteiger partial charge on any atom is -0.384 e. The van der Waals surface area contributed by atoms with E-state index in [1.807, 2.05) is 11.0 Å². The van der Waals surface area contributed by atoms with Crippen molar-refractivity contribution in [1.29, 1.82) is 0 Å². The van der Waals surface area contributed by atoms with E-state index in [4.69, 9.17) is 10.5 Å². The molecule has 1 aliphatic heterocycles. The van der Waals surface area contributed by atoms with E-state index in [1.165, 1.54) is 0 Å². The van der Waals surface area contributed by atoms with Gasteiger partial charge in [-0.15, -0.1) is 0 Å². The van der Waals surface area contributed by atoms with Gasteiger partial charge in [-0.05, 0) is 38.3 Å². The summed E-state index contributed by atoms with van der Waals surface area (Å²) in [6.45, 7) is 5.52. The lowest BCUT2D eigenvalue weighted by molar-refractivity contribution is -0.0440. The van der Waals surface area contributed by atoms with Crippen LogP contribution >= 0.6 is 0 Å². The Kier molecular flexibility index (Phi) is 4.83. The van der Waals surface area contributed by atoms with Crippen LogP contribution in [0.4, 0.5) is 5.82 Å². The number of rotatable bonds is 4. The number of nitrogens with zero attached hydrogens (tertiary/aromatic N) is 2. The summed E-state index contributed by atoms with van der Waals surface area (Å²) >= 11 is 0. The molecule has 2 rings (SSSR count). The van der Waals surface area contributed by atoms with E-state index < -0.39 is 0 Å². The Morgan fingerprint density at radius 2 is 2.29 bits per heavy atom. The predicted molar refractivity (Wildman–Crippen MR) is 83.2 cm³/mol. The molecule has 0 aromatic carbocycles. The SMILES string of the molecule is CCCc1cc(C(=O)N2CCCC(C)(OC)C2)cc(N)n1. The van der Waals surface area contributed by atoms with Crippen molar-refractivity contribution < 1.29 is 9.53 Å². The molecule has 21 heavy (non-hydrogen) atoms. The van der Waals surface area contributed by atoms with Crippen molar-refractivity contribution in [1.82, 2.24) is 9.88 Å². The van der Waals surface area contributed by atoms with E-state index in [0.717, 1.165) is 37.9 Å². The van der Waals surface area contributed by atoms with Gasteiger partial charge in [0.05, 0.1) is 5.60 Å². The number of ether oxygens (including phenoxy) is 1. The molecule has 1 aliphatic rings. The molecule has 2 heterocycles.